The lowest BCUT2D eigenvalue weighted by atomic mass is 10.1. The van der Waals surface area contributed by atoms with Gasteiger partial charge in [0.15, 0.2) is 11.9 Å². The Morgan fingerprint density at radius 1 is 0.829 bits per heavy atom. The number of carbonyl (C=O) groups is 5. The third-order valence-corrected chi connectivity index (χ3v) is 5.49. The first-order valence-electron chi connectivity index (χ1n) is 12.5. The molecule has 4 atom stereocenters. The monoisotopic (exact) mass is 582 g/mol. The van der Waals surface area contributed by atoms with E-state index in [9.17, 15) is 29.1 Å². The Bertz CT molecular complexity index is 1080. The smallest absolute Gasteiger partial charge is 0.326 e. The number of amides is 3. The van der Waals surface area contributed by atoms with Gasteiger partial charge >= 0.3 is 11.9 Å². The fourth-order valence-corrected chi connectivity index (χ4v) is 3.45. The van der Waals surface area contributed by atoms with Crippen LogP contribution in [0.4, 0.5) is 0 Å². The lowest BCUT2D eigenvalue weighted by molar-refractivity contribution is -0.147. The van der Waals surface area contributed by atoms with Crippen LogP contribution in [0.25, 0.3) is 0 Å². The van der Waals surface area contributed by atoms with E-state index >= 15 is 0 Å². The van der Waals surface area contributed by atoms with Gasteiger partial charge in [0, 0.05) is 31.4 Å². The van der Waals surface area contributed by atoms with Gasteiger partial charge in [-0.3, -0.25) is 29.2 Å². The summed E-state index contributed by atoms with van der Waals surface area (Å²) < 4.78 is 0. The molecule has 0 bridgehead atoms. The molecule has 0 fully saturated rings. The Kier molecular flexibility index (Phi) is 14.6. The van der Waals surface area contributed by atoms with Crippen LogP contribution < -0.4 is 44.6 Å². The number of hydrogen-bond acceptors (Lipinski definition) is 9. The van der Waals surface area contributed by atoms with Crippen LogP contribution >= 0.6 is 0 Å². The highest BCUT2D eigenvalue weighted by Gasteiger charge is 2.31. The standard InChI is InChI=1S/C22H38N12O7/c23-12(3-1-5-29-21(24)25)17(37)32-13(4-2-6-30-22(26)27)18(38)33-14(7-11-9-28-10-31-11)19(39)34-15(20(40)41)8-16(35)36/h9-10,12-15H,1-8,23H2,(H,28,31)(H,32,37)(H,33,38)(H,34,39)(H,35,36)(H,40,41)(H4,24,25,29)(H4,26,27,30). The molecule has 1 rings (SSSR count). The number of nitrogens with zero attached hydrogens (tertiary/aromatic N) is 3. The van der Waals surface area contributed by atoms with Crippen molar-refractivity contribution < 1.29 is 34.2 Å². The van der Waals surface area contributed by atoms with Crippen molar-refractivity contribution in [3.63, 3.8) is 0 Å². The topological polar surface area (TPSA) is 345 Å². The lowest BCUT2D eigenvalue weighted by Crippen LogP contribution is -2.57. The fourth-order valence-electron chi connectivity index (χ4n) is 3.45. The van der Waals surface area contributed by atoms with Crippen molar-refractivity contribution in [2.45, 2.75) is 62.7 Å². The van der Waals surface area contributed by atoms with Gasteiger partial charge in [0.1, 0.15) is 18.1 Å². The summed E-state index contributed by atoms with van der Waals surface area (Å²) in [7, 11) is 0. The van der Waals surface area contributed by atoms with Crippen molar-refractivity contribution >= 4 is 41.6 Å². The largest absolute Gasteiger partial charge is 0.481 e. The second kappa shape index (κ2) is 17.6. The van der Waals surface area contributed by atoms with Crippen molar-refractivity contribution in [1.82, 2.24) is 25.9 Å². The van der Waals surface area contributed by atoms with E-state index in [1.807, 2.05) is 0 Å². The second-order valence-electron chi connectivity index (χ2n) is 8.90. The van der Waals surface area contributed by atoms with Gasteiger partial charge in [-0.2, -0.15) is 0 Å². The molecule has 41 heavy (non-hydrogen) atoms. The maximum absolute atomic E-state index is 13.3. The number of rotatable bonds is 19. The van der Waals surface area contributed by atoms with Crippen molar-refractivity contribution in [1.29, 1.82) is 0 Å². The molecule has 1 heterocycles. The van der Waals surface area contributed by atoms with Gasteiger partial charge in [-0.15, -0.1) is 0 Å². The van der Waals surface area contributed by atoms with Gasteiger partial charge in [0.2, 0.25) is 17.7 Å². The van der Waals surface area contributed by atoms with E-state index in [0.717, 1.165) is 0 Å². The summed E-state index contributed by atoms with van der Waals surface area (Å²) in [5.41, 5.74) is 27.6. The predicted molar refractivity (Wildman–Crippen MR) is 146 cm³/mol. The van der Waals surface area contributed by atoms with E-state index in [4.69, 9.17) is 33.8 Å². The maximum atomic E-state index is 13.3. The molecule has 228 valence electrons. The van der Waals surface area contributed by atoms with E-state index < -0.39 is 60.2 Å². The van der Waals surface area contributed by atoms with Gasteiger partial charge in [0.25, 0.3) is 0 Å². The van der Waals surface area contributed by atoms with Crippen LogP contribution in [0.15, 0.2) is 22.5 Å². The summed E-state index contributed by atoms with van der Waals surface area (Å²) in [5, 5.41) is 25.4. The van der Waals surface area contributed by atoms with E-state index in [1.165, 1.54) is 12.5 Å². The molecule has 19 heteroatoms. The minimum absolute atomic E-state index is 0.0459. The van der Waals surface area contributed by atoms with Gasteiger partial charge in [-0.25, -0.2) is 9.78 Å². The molecule has 19 nitrogen and oxygen atoms in total. The normalized spacial score (nSPS) is 13.5. The van der Waals surface area contributed by atoms with Gasteiger partial charge in [-0.1, -0.05) is 0 Å². The Balaban J connectivity index is 3.07. The molecule has 0 aromatic carbocycles. The molecular formula is C22H38N12O7. The second-order valence-corrected chi connectivity index (χ2v) is 8.90. The molecule has 0 aliphatic heterocycles. The minimum Gasteiger partial charge on any atom is -0.481 e. The Labute approximate surface area is 234 Å². The van der Waals surface area contributed by atoms with Crippen LogP contribution in [-0.4, -0.2) is 99.0 Å². The number of aromatic nitrogens is 2. The van der Waals surface area contributed by atoms with Gasteiger partial charge in [-0.05, 0) is 25.7 Å². The van der Waals surface area contributed by atoms with Crippen molar-refractivity contribution in [3.05, 3.63) is 18.2 Å². The molecule has 4 unspecified atom stereocenters. The van der Waals surface area contributed by atoms with Crippen LogP contribution in [-0.2, 0) is 30.4 Å². The van der Waals surface area contributed by atoms with Crippen LogP contribution in [0.1, 0.15) is 37.8 Å². The van der Waals surface area contributed by atoms with Crippen molar-refractivity contribution in [2.75, 3.05) is 13.1 Å². The molecule has 1 aromatic heterocycles. The third kappa shape index (κ3) is 14.1. The van der Waals surface area contributed by atoms with Crippen molar-refractivity contribution in [3.8, 4) is 0 Å². The zero-order valence-electron chi connectivity index (χ0n) is 22.3. The predicted octanol–water partition coefficient (Wildman–Crippen LogP) is -4.60. The first-order chi connectivity index (χ1) is 19.3. The van der Waals surface area contributed by atoms with E-state index in [2.05, 4.69) is 35.9 Å². The van der Waals surface area contributed by atoms with Crippen LogP contribution in [0.3, 0.4) is 0 Å². The number of carbonyl (C=O) groups excluding carboxylic acids is 3. The van der Waals surface area contributed by atoms with E-state index in [1.54, 1.807) is 0 Å². The highest BCUT2D eigenvalue weighted by atomic mass is 16.4. The summed E-state index contributed by atoms with van der Waals surface area (Å²) in [6, 6.07) is -5.32. The number of nitrogens with two attached hydrogens (primary N) is 5. The quantitative estimate of drug-likeness (QED) is 0.0416. The van der Waals surface area contributed by atoms with Crippen molar-refractivity contribution in [2.24, 2.45) is 38.7 Å². The molecule has 0 saturated carbocycles. The maximum Gasteiger partial charge on any atom is 0.326 e. The van der Waals surface area contributed by atoms with Crippen LogP contribution in [0, 0.1) is 0 Å². The highest BCUT2D eigenvalue weighted by Crippen LogP contribution is 2.06. The molecule has 0 aliphatic carbocycles. The number of aliphatic imine (C=N–C) groups is 2. The Morgan fingerprint density at radius 3 is 1.88 bits per heavy atom. The first kappa shape index (κ1) is 34.1. The Morgan fingerprint density at radius 2 is 1.37 bits per heavy atom. The molecule has 1 aromatic rings. The number of aliphatic carboxylic acids is 2. The molecule has 0 aliphatic rings. The number of aromatic amines is 1. The molecular weight excluding hydrogens is 544 g/mol. The lowest BCUT2D eigenvalue weighted by Gasteiger charge is -2.25. The minimum atomic E-state index is -1.76. The van der Waals surface area contributed by atoms with Crippen LogP contribution in [0.5, 0.6) is 0 Å². The van der Waals surface area contributed by atoms with Gasteiger partial charge < -0.3 is 59.8 Å². The average Bonchev–Trinajstić information content (AvgIpc) is 3.39. The number of imidazole rings is 1. The number of hydrogen-bond donors (Lipinski definition) is 11. The number of nitrogens with one attached hydrogen (secondary N) is 4. The molecule has 3 amide bonds. The molecule has 16 N–H and O–H groups in total. The van der Waals surface area contributed by atoms with E-state index in [0.29, 0.717) is 12.1 Å². The Hall–Kier alpha value is -4.94. The molecule has 0 saturated heterocycles. The summed E-state index contributed by atoms with van der Waals surface area (Å²) in [5.74, 6) is -5.71. The highest BCUT2D eigenvalue weighted by molar-refractivity contribution is 5.94. The number of carboxylic acid groups (broad SMARTS) is 2. The molecule has 0 radical (unpaired) electrons. The summed E-state index contributed by atoms with van der Waals surface area (Å²) in [6.07, 6.45) is 2.56. The SMILES string of the molecule is NC(N)=NCCCC(N)C(=O)NC(CCCN=C(N)N)C(=O)NC(Cc1cnc[nH]1)C(=O)NC(CC(=O)O)C(=O)O. The zero-order chi connectivity index (χ0) is 30.9. The third-order valence-electron chi connectivity index (χ3n) is 5.49. The summed E-state index contributed by atoms with van der Waals surface area (Å²) in [4.78, 5) is 75.8. The summed E-state index contributed by atoms with van der Waals surface area (Å²) in [6.45, 7) is 0.384. The summed E-state index contributed by atoms with van der Waals surface area (Å²) >= 11 is 0. The van der Waals surface area contributed by atoms with Crippen LogP contribution in [0.2, 0.25) is 0 Å². The van der Waals surface area contributed by atoms with E-state index in [-0.39, 0.29) is 50.7 Å². The number of carboxylic acids is 2. The molecule has 0 spiro atoms. The first-order valence-corrected chi connectivity index (χ1v) is 12.5. The fraction of sp³-hybridized carbons (Fsp3) is 0.545. The zero-order valence-corrected chi connectivity index (χ0v) is 22.3. The number of guanidine groups is 2. The van der Waals surface area contributed by atoms with Gasteiger partial charge in [0.05, 0.1) is 18.8 Å². The average molecular weight is 583 g/mol. The number of H-pyrrole nitrogens is 1.